The van der Waals surface area contributed by atoms with Crippen LogP contribution in [0.15, 0.2) is 89.6 Å². The lowest BCUT2D eigenvalue weighted by Gasteiger charge is -2.00. The van der Waals surface area contributed by atoms with E-state index in [9.17, 15) is 0 Å². The highest BCUT2D eigenvalue weighted by atomic mass is 14.8. The SMILES string of the molecule is CCC(/C=C/Nc1ccccc1)=C\C=N\c1ccccc1. The maximum Gasteiger partial charge on any atom is 0.0629 e. The van der Waals surface area contributed by atoms with E-state index < -0.39 is 0 Å². The number of para-hydroxylation sites is 2. The van der Waals surface area contributed by atoms with Gasteiger partial charge in [0.05, 0.1) is 5.69 Å². The van der Waals surface area contributed by atoms with Crippen LogP contribution in [0.1, 0.15) is 13.3 Å². The normalized spacial score (nSPS) is 12.1. The molecule has 0 aliphatic rings. The van der Waals surface area contributed by atoms with Crippen molar-refractivity contribution in [3.05, 3.63) is 84.6 Å². The fourth-order valence-electron chi connectivity index (χ4n) is 1.80. The molecule has 0 fully saturated rings. The Kier molecular flexibility index (Phi) is 6.01. The zero-order valence-corrected chi connectivity index (χ0v) is 12.2. The van der Waals surface area contributed by atoms with Crippen LogP contribution in [-0.4, -0.2) is 6.21 Å². The van der Waals surface area contributed by atoms with E-state index >= 15 is 0 Å². The minimum Gasteiger partial charge on any atom is -0.362 e. The number of hydrogen-bond acceptors (Lipinski definition) is 2. The molecule has 2 aromatic carbocycles. The fraction of sp³-hybridized carbons (Fsp3) is 0.105. The molecule has 0 aromatic heterocycles. The molecule has 0 spiro atoms. The van der Waals surface area contributed by atoms with Crippen LogP contribution in [0.3, 0.4) is 0 Å². The third kappa shape index (κ3) is 5.49. The Morgan fingerprint density at radius 1 is 1.00 bits per heavy atom. The van der Waals surface area contributed by atoms with Crippen molar-refractivity contribution in [3.63, 3.8) is 0 Å². The van der Waals surface area contributed by atoms with Gasteiger partial charge in [0.1, 0.15) is 0 Å². The van der Waals surface area contributed by atoms with E-state index in [2.05, 4.69) is 23.3 Å². The Bertz CT molecular complexity index is 611. The standard InChI is InChI=1S/C19H20N2/c1-2-17(13-15-20-18-9-5-3-6-10-18)14-16-21-19-11-7-4-8-12-19/h3-16,20H,2H2,1H3/b15-13+,17-14+,21-16+. The molecule has 0 heterocycles. The van der Waals surface area contributed by atoms with Gasteiger partial charge in [0.25, 0.3) is 0 Å². The zero-order valence-electron chi connectivity index (χ0n) is 12.2. The highest BCUT2D eigenvalue weighted by Gasteiger charge is 1.88. The molecule has 2 nitrogen and oxygen atoms in total. The molecule has 0 radical (unpaired) electrons. The Hall–Kier alpha value is -2.61. The average molecular weight is 276 g/mol. The first kappa shape index (κ1) is 14.8. The molecule has 0 aliphatic heterocycles. The number of anilines is 1. The second kappa shape index (κ2) is 8.54. The summed E-state index contributed by atoms with van der Waals surface area (Å²) in [7, 11) is 0. The molecule has 2 aromatic rings. The monoisotopic (exact) mass is 276 g/mol. The van der Waals surface area contributed by atoms with Crippen molar-refractivity contribution in [2.24, 2.45) is 4.99 Å². The van der Waals surface area contributed by atoms with E-state index in [0.29, 0.717) is 0 Å². The lowest BCUT2D eigenvalue weighted by molar-refractivity contribution is 1.15. The van der Waals surface area contributed by atoms with Gasteiger partial charge in [-0.1, -0.05) is 43.3 Å². The summed E-state index contributed by atoms with van der Waals surface area (Å²) in [6.07, 6.45) is 8.88. The molecule has 21 heavy (non-hydrogen) atoms. The van der Waals surface area contributed by atoms with Crippen LogP contribution >= 0.6 is 0 Å². The van der Waals surface area contributed by atoms with Crippen LogP contribution < -0.4 is 5.32 Å². The third-order valence-electron chi connectivity index (χ3n) is 3.00. The van der Waals surface area contributed by atoms with Crippen molar-refractivity contribution in [1.82, 2.24) is 0 Å². The summed E-state index contributed by atoms with van der Waals surface area (Å²) in [5.74, 6) is 0. The maximum atomic E-state index is 4.40. The first-order valence-electron chi connectivity index (χ1n) is 7.15. The van der Waals surface area contributed by atoms with E-state index in [1.165, 1.54) is 5.57 Å². The first-order valence-corrected chi connectivity index (χ1v) is 7.15. The molecule has 0 saturated heterocycles. The summed E-state index contributed by atoms with van der Waals surface area (Å²) in [6.45, 7) is 2.13. The highest BCUT2D eigenvalue weighted by Crippen LogP contribution is 2.10. The molecule has 0 unspecified atom stereocenters. The fourth-order valence-corrected chi connectivity index (χ4v) is 1.80. The molecule has 0 saturated carbocycles. The van der Waals surface area contributed by atoms with Crippen LogP contribution in [-0.2, 0) is 0 Å². The van der Waals surface area contributed by atoms with Crippen LogP contribution in [0.2, 0.25) is 0 Å². The Morgan fingerprint density at radius 2 is 1.67 bits per heavy atom. The van der Waals surface area contributed by atoms with Crippen molar-refractivity contribution in [2.45, 2.75) is 13.3 Å². The largest absolute Gasteiger partial charge is 0.362 e. The van der Waals surface area contributed by atoms with E-state index in [-0.39, 0.29) is 0 Å². The number of aliphatic imine (C=N–C) groups is 1. The lowest BCUT2D eigenvalue weighted by Crippen LogP contribution is -1.87. The summed E-state index contributed by atoms with van der Waals surface area (Å²) < 4.78 is 0. The predicted molar refractivity (Wildman–Crippen MR) is 92.2 cm³/mol. The quantitative estimate of drug-likeness (QED) is 0.558. The van der Waals surface area contributed by atoms with Crippen molar-refractivity contribution in [3.8, 4) is 0 Å². The number of nitrogens with one attached hydrogen (secondary N) is 1. The highest BCUT2D eigenvalue weighted by molar-refractivity contribution is 5.76. The maximum absolute atomic E-state index is 4.40. The Balaban J connectivity index is 1.93. The van der Waals surface area contributed by atoms with E-state index in [0.717, 1.165) is 17.8 Å². The molecular weight excluding hydrogens is 256 g/mol. The van der Waals surface area contributed by atoms with E-state index in [1.807, 2.05) is 79.2 Å². The van der Waals surface area contributed by atoms with Gasteiger partial charge in [-0.2, -0.15) is 0 Å². The van der Waals surface area contributed by atoms with Crippen molar-refractivity contribution >= 4 is 17.6 Å². The van der Waals surface area contributed by atoms with Gasteiger partial charge < -0.3 is 5.32 Å². The molecule has 0 amide bonds. The van der Waals surface area contributed by atoms with Crippen LogP contribution in [0, 0.1) is 0 Å². The third-order valence-corrected chi connectivity index (χ3v) is 3.00. The molecule has 2 heteroatoms. The summed E-state index contributed by atoms with van der Waals surface area (Å²) in [5.41, 5.74) is 3.27. The topological polar surface area (TPSA) is 24.4 Å². The van der Waals surface area contributed by atoms with Gasteiger partial charge in [0.15, 0.2) is 0 Å². The van der Waals surface area contributed by atoms with Crippen molar-refractivity contribution in [1.29, 1.82) is 0 Å². The molecule has 0 bridgehead atoms. The number of rotatable bonds is 6. The number of allylic oxidation sites excluding steroid dienone is 3. The first-order chi connectivity index (χ1) is 10.4. The van der Waals surface area contributed by atoms with E-state index in [4.69, 9.17) is 0 Å². The zero-order chi connectivity index (χ0) is 14.8. The number of benzene rings is 2. The molecule has 1 N–H and O–H groups in total. The van der Waals surface area contributed by atoms with Gasteiger partial charge in [0, 0.05) is 18.1 Å². The Morgan fingerprint density at radius 3 is 2.33 bits per heavy atom. The van der Waals surface area contributed by atoms with E-state index in [1.54, 1.807) is 0 Å². The van der Waals surface area contributed by atoms with Gasteiger partial charge in [-0.15, -0.1) is 0 Å². The average Bonchev–Trinajstić information content (AvgIpc) is 2.55. The summed E-state index contributed by atoms with van der Waals surface area (Å²) in [6, 6.07) is 20.1. The summed E-state index contributed by atoms with van der Waals surface area (Å²) >= 11 is 0. The predicted octanol–water partition coefficient (Wildman–Crippen LogP) is 5.35. The second-order valence-corrected chi connectivity index (χ2v) is 4.55. The smallest absolute Gasteiger partial charge is 0.0629 e. The van der Waals surface area contributed by atoms with Gasteiger partial charge in [0.2, 0.25) is 0 Å². The summed E-state index contributed by atoms with van der Waals surface area (Å²) in [4.78, 5) is 4.40. The molecule has 0 atom stereocenters. The van der Waals surface area contributed by atoms with Gasteiger partial charge in [-0.25, -0.2) is 0 Å². The molecular formula is C19H20N2. The van der Waals surface area contributed by atoms with Gasteiger partial charge in [-0.05, 0) is 48.4 Å². The minimum atomic E-state index is 0.966. The molecule has 106 valence electrons. The molecule has 0 aliphatic carbocycles. The van der Waals surface area contributed by atoms with Crippen molar-refractivity contribution in [2.75, 3.05) is 5.32 Å². The Labute approximate surface area is 126 Å². The van der Waals surface area contributed by atoms with Crippen LogP contribution in [0.25, 0.3) is 0 Å². The molecule has 2 rings (SSSR count). The van der Waals surface area contributed by atoms with Crippen LogP contribution in [0.5, 0.6) is 0 Å². The number of nitrogens with zero attached hydrogens (tertiary/aromatic N) is 1. The van der Waals surface area contributed by atoms with Crippen LogP contribution in [0.4, 0.5) is 11.4 Å². The minimum absolute atomic E-state index is 0.966. The number of hydrogen-bond donors (Lipinski definition) is 1. The summed E-state index contributed by atoms with van der Waals surface area (Å²) in [5, 5.41) is 3.25. The van der Waals surface area contributed by atoms with Gasteiger partial charge in [-0.3, -0.25) is 4.99 Å². The lowest BCUT2D eigenvalue weighted by atomic mass is 10.2. The van der Waals surface area contributed by atoms with Gasteiger partial charge >= 0.3 is 0 Å². The van der Waals surface area contributed by atoms with Crippen molar-refractivity contribution < 1.29 is 0 Å². The second-order valence-electron chi connectivity index (χ2n) is 4.55.